The Morgan fingerprint density at radius 3 is 2.41 bits per heavy atom. The number of benzene rings is 2. The van der Waals surface area contributed by atoms with Gasteiger partial charge in [0.25, 0.3) is 0 Å². The van der Waals surface area contributed by atoms with Gasteiger partial charge >= 0.3 is 0 Å². The normalized spacial score (nSPS) is 21.0. The molecule has 1 saturated heterocycles. The maximum Gasteiger partial charge on any atom is 0.247 e. The fourth-order valence-corrected chi connectivity index (χ4v) is 6.60. The van der Waals surface area contributed by atoms with E-state index in [0.717, 1.165) is 28.5 Å². The number of nitrogens with zero attached hydrogens (tertiary/aromatic N) is 1. The maximum absolute atomic E-state index is 14.4. The number of nitrogens with one attached hydrogen (secondary N) is 2. The number of thiophene rings is 1. The van der Waals surface area contributed by atoms with Crippen LogP contribution in [0.25, 0.3) is 10.1 Å². The van der Waals surface area contributed by atoms with E-state index in [1.807, 2.05) is 69.5 Å². The monoisotopic (exact) mass is 517 g/mol. The van der Waals surface area contributed by atoms with Gasteiger partial charge in [0.05, 0.1) is 0 Å². The number of hydrogen-bond acceptors (Lipinski definition) is 4. The zero-order valence-corrected chi connectivity index (χ0v) is 22.7. The third kappa shape index (κ3) is 5.01. The second-order valence-electron chi connectivity index (χ2n) is 11.1. The van der Waals surface area contributed by atoms with Crippen LogP contribution in [0.3, 0.4) is 0 Å². The SMILES string of the molecule is CC(C)CC1C(=O)NC(C2Cc3ccccc3C2)C(=O)N1C(C(=O)NC(C)C)c1ccc2sccc2c1. The summed E-state index contributed by atoms with van der Waals surface area (Å²) >= 11 is 1.64. The Morgan fingerprint density at radius 2 is 1.76 bits per heavy atom. The first kappa shape index (κ1) is 25.5. The molecule has 2 aliphatic rings. The van der Waals surface area contributed by atoms with E-state index in [-0.39, 0.29) is 35.6 Å². The fraction of sp³-hybridized carbons (Fsp3) is 0.433. The minimum atomic E-state index is -0.889. The van der Waals surface area contributed by atoms with Crippen molar-refractivity contribution >= 4 is 39.1 Å². The first-order chi connectivity index (χ1) is 17.7. The van der Waals surface area contributed by atoms with Crippen molar-refractivity contribution in [1.29, 1.82) is 0 Å². The molecule has 3 atom stereocenters. The smallest absolute Gasteiger partial charge is 0.247 e. The largest absolute Gasteiger partial charge is 0.352 e. The molecule has 1 aliphatic carbocycles. The molecule has 37 heavy (non-hydrogen) atoms. The van der Waals surface area contributed by atoms with Crippen LogP contribution in [-0.2, 0) is 27.2 Å². The van der Waals surface area contributed by atoms with E-state index in [9.17, 15) is 14.4 Å². The first-order valence-electron chi connectivity index (χ1n) is 13.2. The second kappa shape index (κ2) is 10.3. The van der Waals surface area contributed by atoms with Crippen molar-refractivity contribution in [2.24, 2.45) is 11.8 Å². The van der Waals surface area contributed by atoms with Crippen molar-refractivity contribution in [2.75, 3.05) is 0 Å². The number of carbonyl (C=O) groups is 3. The van der Waals surface area contributed by atoms with Crippen LogP contribution in [-0.4, -0.2) is 40.7 Å². The van der Waals surface area contributed by atoms with E-state index in [4.69, 9.17) is 0 Å². The molecule has 1 aliphatic heterocycles. The first-order valence-corrected chi connectivity index (χ1v) is 14.1. The zero-order chi connectivity index (χ0) is 26.3. The number of amides is 3. The molecule has 3 amide bonds. The zero-order valence-electron chi connectivity index (χ0n) is 21.9. The topological polar surface area (TPSA) is 78.5 Å². The van der Waals surface area contributed by atoms with Crippen LogP contribution in [0.5, 0.6) is 0 Å². The van der Waals surface area contributed by atoms with Gasteiger partial charge < -0.3 is 15.5 Å². The molecular formula is C30H35N3O3S. The summed E-state index contributed by atoms with van der Waals surface area (Å²) < 4.78 is 1.12. The van der Waals surface area contributed by atoms with Crippen LogP contribution in [0, 0.1) is 11.8 Å². The van der Waals surface area contributed by atoms with Gasteiger partial charge in [0, 0.05) is 10.7 Å². The Balaban J connectivity index is 1.57. The molecule has 2 aromatic carbocycles. The van der Waals surface area contributed by atoms with Gasteiger partial charge in [-0.25, -0.2) is 0 Å². The summed E-state index contributed by atoms with van der Waals surface area (Å²) in [6.07, 6.45) is 1.96. The van der Waals surface area contributed by atoms with Gasteiger partial charge in [0.2, 0.25) is 17.7 Å². The predicted molar refractivity (Wildman–Crippen MR) is 147 cm³/mol. The van der Waals surface area contributed by atoms with E-state index in [1.54, 1.807) is 16.2 Å². The molecule has 7 heteroatoms. The van der Waals surface area contributed by atoms with Gasteiger partial charge in [-0.15, -0.1) is 11.3 Å². The molecule has 2 heterocycles. The van der Waals surface area contributed by atoms with Crippen LogP contribution >= 0.6 is 11.3 Å². The van der Waals surface area contributed by atoms with E-state index in [2.05, 4.69) is 22.8 Å². The Labute approximate surface area is 222 Å². The van der Waals surface area contributed by atoms with E-state index >= 15 is 0 Å². The average Bonchev–Trinajstić information content (AvgIpc) is 3.49. The Kier molecular flexibility index (Phi) is 7.08. The molecule has 6 nitrogen and oxygen atoms in total. The second-order valence-corrected chi connectivity index (χ2v) is 12.0. The van der Waals surface area contributed by atoms with Crippen LogP contribution in [0.1, 0.15) is 56.8 Å². The molecule has 1 aromatic heterocycles. The van der Waals surface area contributed by atoms with Crippen molar-refractivity contribution in [3.05, 3.63) is 70.6 Å². The van der Waals surface area contributed by atoms with Crippen molar-refractivity contribution in [3.8, 4) is 0 Å². The van der Waals surface area contributed by atoms with Gasteiger partial charge in [0.15, 0.2) is 0 Å². The van der Waals surface area contributed by atoms with Gasteiger partial charge in [-0.05, 0) is 90.6 Å². The average molecular weight is 518 g/mol. The lowest BCUT2D eigenvalue weighted by Crippen LogP contribution is -2.67. The summed E-state index contributed by atoms with van der Waals surface area (Å²) in [4.78, 5) is 43.4. The lowest BCUT2D eigenvalue weighted by Gasteiger charge is -2.45. The highest BCUT2D eigenvalue weighted by atomic mass is 32.1. The number of piperazine rings is 1. The van der Waals surface area contributed by atoms with E-state index in [1.165, 1.54) is 11.1 Å². The lowest BCUT2D eigenvalue weighted by molar-refractivity contribution is -0.158. The van der Waals surface area contributed by atoms with Crippen molar-refractivity contribution < 1.29 is 14.4 Å². The highest BCUT2D eigenvalue weighted by molar-refractivity contribution is 7.17. The molecule has 5 rings (SSSR count). The summed E-state index contributed by atoms with van der Waals surface area (Å²) in [6, 6.07) is 13.8. The van der Waals surface area contributed by atoms with Crippen LogP contribution in [0.4, 0.5) is 0 Å². The Bertz CT molecular complexity index is 1310. The van der Waals surface area contributed by atoms with Gasteiger partial charge in [0.1, 0.15) is 18.1 Å². The molecule has 0 spiro atoms. The van der Waals surface area contributed by atoms with Gasteiger partial charge in [-0.1, -0.05) is 44.2 Å². The Morgan fingerprint density at radius 1 is 1.05 bits per heavy atom. The summed E-state index contributed by atoms with van der Waals surface area (Å²) in [6.45, 7) is 7.89. The summed E-state index contributed by atoms with van der Waals surface area (Å²) in [7, 11) is 0. The summed E-state index contributed by atoms with van der Waals surface area (Å²) in [5.74, 6) is -0.462. The predicted octanol–water partition coefficient (Wildman–Crippen LogP) is 4.62. The molecule has 0 radical (unpaired) electrons. The van der Waals surface area contributed by atoms with E-state index < -0.39 is 18.1 Å². The quantitative estimate of drug-likeness (QED) is 0.480. The molecule has 194 valence electrons. The summed E-state index contributed by atoms with van der Waals surface area (Å²) in [5, 5.41) is 9.16. The van der Waals surface area contributed by atoms with E-state index in [0.29, 0.717) is 6.42 Å². The molecule has 0 bridgehead atoms. The molecule has 2 N–H and O–H groups in total. The molecule has 0 saturated carbocycles. The highest BCUT2D eigenvalue weighted by Gasteiger charge is 2.49. The van der Waals surface area contributed by atoms with Gasteiger partial charge in [-0.2, -0.15) is 0 Å². The lowest BCUT2D eigenvalue weighted by atomic mass is 9.87. The third-order valence-electron chi connectivity index (χ3n) is 7.46. The number of carbonyl (C=O) groups excluding carboxylic acids is 3. The molecule has 3 aromatic rings. The van der Waals surface area contributed by atoms with Crippen LogP contribution in [0.2, 0.25) is 0 Å². The molecule has 3 unspecified atom stereocenters. The number of rotatable bonds is 7. The standard InChI is InChI=1S/C30H35N3O3S/c1-17(2)13-24-28(34)32-26(23-14-19-7-5-6-8-20(19)15-23)30(36)33(24)27(29(35)31-18(3)4)22-9-10-25-21(16-22)11-12-37-25/h5-12,16-18,23-24,26-27H,13-15H2,1-4H3,(H,31,35)(H,32,34). The third-order valence-corrected chi connectivity index (χ3v) is 8.35. The minimum absolute atomic E-state index is 0.0375. The molecule has 1 fully saturated rings. The van der Waals surface area contributed by atoms with Crippen molar-refractivity contribution in [3.63, 3.8) is 0 Å². The summed E-state index contributed by atoms with van der Waals surface area (Å²) in [5.41, 5.74) is 3.18. The molecular weight excluding hydrogens is 482 g/mol. The Hall–Kier alpha value is -3.19. The van der Waals surface area contributed by atoms with Crippen molar-refractivity contribution in [2.45, 2.75) is 71.1 Å². The minimum Gasteiger partial charge on any atom is -0.352 e. The van der Waals surface area contributed by atoms with Crippen LogP contribution < -0.4 is 10.6 Å². The van der Waals surface area contributed by atoms with Crippen molar-refractivity contribution in [1.82, 2.24) is 15.5 Å². The van der Waals surface area contributed by atoms with Gasteiger partial charge in [-0.3, -0.25) is 14.4 Å². The van der Waals surface area contributed by atoms with Crippen LogP contribution in [0.15, 0.2) is 53.9 Å². The maximum atomic E-state index is 14.4. The fourth-order valence-electron chi connectivity index (χ4n) is 5.83. The highest BCUT2D eigenvalue weighted by Crippen LogP contribution is 2.36. The number of hydrogen-bond donors (Lipinski definition) is 2. The number of fused-ring (bicyclic) bond motifs is 2.